The zero-order valence-electron chi connectivity index (χ0n) is 13.8. The number of nitrogens with one attached hydrogen (secondary N) is 1. The summed E-state index contributed by atoms with van der Waals surface area (Å²) in [5.41, 5.74) is 1.80. The van der Waals surface area contributed by atoms with E-state index in [1.807, 2.05) is 17.0 Å². The lowest BCUT2D eigenvalue weighted by Gasteiger charge is -2.17. The van der Waals surface area contributed by atoms with Crippen molar-refractivity contribution in [3.63, 3.8) is 0 Å². The smallest absolute Gasteiger partial charge is 0.254 e. The predicted octanol–water partition coefficient (Wildman–Crippen LogP) is 3.42. The molecule has 1 fully saturated rings. The average molecular weight is 346 g/mol. The highest BCUT2D eigenvalue weighted by Gasteiger charge is 2.28. The number of ether oxygens (including phenoxy) is 1. The number of rotatable bonds is 4. The van der Waals surface area contributed by atoms with E-state index in [1.54, 1.807) is 26.3 Å². The van der Waals surface area contributed by atoms with Crippen LogP contribution in [0.2, 0.25) is 5.15 Å². The van der Waals surface area contributed by atoms with E-state index in [0.29, 0.717) is 29.0 Å². The molecule has 126 valence electrons. The van der Waals surface area contributed by atoms with E-state index >= 15 is 0 Å². The van der Waals surface area contributed by atoms with Gasteiger partial charge in [-0.2, -0.15) is 0 Å². The Morgan fingerprint density at radius 1 is 1.33 bits per heavy atom. The van der Waals surface area contributed by atoms with Crippen LogP contribution in [0, 0.1) is 0 Å². The highest BCUT2D eigenvalue weighted by atomic mass is 35.5. The fourth-order valence-corrected chi connectivity index (χ4v) is 3.23. The van der Waals surface area contributed by atoms with Crippen molar-refractivity contribution in [3.8, 4) is 5.75 Å². The summed E-state index contributed by atoms with van der Waals surface area (Å²) in [5, 5.41) is 3.24. The minimum Gasteiger partial charge on any atom is -0.497 e. The Labute approximate surface area is 146 Å². The largest absolute Gasteiger partial charge is 0.497 e. The molecule has 0 saturated carbocycles. The molecule has 1 amide bonds. The maximum absolute atomic E-state index is 12.7. The molecule has 24 heavy (non-hydrogen) atoms. The van der Waals surface area contributed by atoms with Crippen molar-refractivity contribution in [2.75, 3.05) is 32.6 Å². The number of aromatic nitrogens is 1. The van der Waals surface area contributed by atoms with Gasteiger partial charge in [-0.05, 0) is 36.2 Å². The molecule has 0 bridgehead atoms. The van der Waals surface area contributed by atoms with Crippen LogP contribution < -0.4 is 10.1 Å². The van der Waals surface area contributed by atoms with E-state index in [-0.39, 0.29) is 5.91 Å². The second kappa shape index (κ2) is 7.09. The summed E-state index contributed by atoms with van der Waals surface area (Å²) in [6.45, 7) is 1.45. The van der Waals surface area contributed by atoms with Gasteiger partial charge in [0.25, 0.3) is 5.91 Å². The van der Waals surface area contributed by atoms with Crippen LogP contribution in [0.15, 0.2) is 36.4 Å². The van der Waals surface area contributed by atoms with Crippen LogP contribution in [-0.4, -0.2) is 43.0 Å². The Kier molecular flexibility index (Phi) is 4.90. The van der Waals surface area contributed by atoms with Crippen LogP contribution in [0.25, 0.3) is 0 Å². The van der Waals surface area contributed by atoms with Crippen molar-refractivity contribution in [2.24, 2.45) is 0 Å². The zero-order valence-corrected chi connectivity index (χ0v) is 14.5. The number of likely N-dealkylation sites (tertiary alicyclic amines) is 1. The van der Waals surface area contributed by atoms with Gasteiger partial charge in [0.15, 0.2) is 0 Å². The fraction of sp³-hybridized carbons (Fsp3) is 0.333. The van der Waals surface area contributed by atoms with Crippen molar-refractivity contribution < 1.29 is 9.53 Å². The SMILES string of the molecule is CNc1cc(C(=O)N2CC[C@H](c3ccc(OC)cc3)C2)cc(Cl)n1. The Morgan fingerprint density at radius 2 is 2.08 bits per heavy atom. The van der Waals surface area contributed by atoms with E-state index in [2.05, 4.69) is 22.4 Å². The van der Waals surface area contributed by atoms with Crippen molar-refractivity contribution in [1.29, 1.82) is 0 Å². The summed E-state index contributed by atoms with van der Waals surface area (Å²) >= 11 is 6.00. The van der Waals surface area contributed by atoms with Gasteiger partial charge in [0.05, 0.1) is 7.11 Å². The van der Waals surface area contributed by atoms with E-state index in [0.717, 1.165) is 18.7 Å². The van der Waals surface area contributed by atoms with E-state index in [4.69, 9.17) is 16.3 Å². The third kappa shape index (κ3) is 3.46. The van der Waals surface area contributed by atoms with Gasteiger partial charge >= 0.3 is 0 Å². The Balaban J connectivity index is 1.72. The number of hydrogen-bond acceptors (Lipinski definition) is 4. The minimum absolute atomic E-state index is 0.00758. The van der Waals surface area contributed by atoms with Crippen LogP contribution in [0.4, 0.5) is 5.82 Å². The molecule has 0 aliphatic carbocycles. The van der Waals surface area contributed by atoms with Gasteiger partial charge in [0.2, 0.25) is 0 Å². The summed E-state index contributed by atoms with van der Waals surface area (Å²) in [5.74, 6) is 1.78. The van der Waals surface area contributed by atoms with Gasteiger partial charge in [0, 0.05) is 31.6 Å². The first kappa shape index (κ1) is 16.6. The van der Waals surface area contributed by atoms with Gasteiger partial charge in [-0.25, -0.2) is 4.98 Å². The van der Waals surface area contributed by atoms with Crippen molar-refractivity contribution in [2.45, 2.75) is 12.3 Å². The number of amides is 1. The number of nitrogens with zero attached hydrogens (tertiary/aromatic N) is 2. The molecule has 1 N–H and O–H groups in total. The van der Waals surface area contributed by atoms with Crippen LogP contribution in [0.1, 0.15) is 28.3 Å². The highest BCUT2D eigenvalue weighted by molar-refractivity contribution is 6.29. The molecule has 3 rings (SSSR count). The summed E-state index contributed by atoms with van der Waals surface area (Å²) in [6, 6.07) is 11.4. The molecule has 1 aliphatic rings. The Morgan fingerprint density at radius 3 is 2.75 bits per heavy atom. The van der Waals surface area contributed by atoms with Crippen molar-refractivity contribution in [3.05, 3.63) is 52.7 Å². The maximum atomic E-state index is 12.7. The Hall–Kier alpha value is -2.27. The third-order valence-corrected chi connectivity index (χ3v) is 4.55. The van der Waals surface area contributed by atoms with E-state index in [9.17, 15) is 4.79 Å². The number of anilines is 1. The lowest BCUT2D eigenvalue weighted by molar-refractivity contribution is 0.0790. The van der Waals surface area contributed by atoms with Crippen LogP contribution in [-0.2, 0) is 0 Å². The average Bonchev–Trinajstić information content (AvgIpc) is 3.10. The molecule has 2 heterocycles. The highest BCUT2D eigenvalue weighted by Crippen LogP contribution is 2.29. The molecule has 1 aromatic heterocycles. The third-order valence-electron chi connectivity index (χ3n) is 4.36. The first-order chi connectivity index (χ1) is 11.6. The summed E-state index contributed by atoms with van der Waals surface area (Å²) in [6.07, 6.45) is 0.954. The fourth-order valence-electron chi connectivity index (χ4n) is 3.02. The molecule has 5 nitrogen and oxygen atoms in total. The number of benzene rings is 1. The summed E-state index contributed by atoms with van der Waals surface area (Å²) in [7, 11) is 3.41. The molecule has 1 saturated heterocycles. The van der Waals surface area contributed by atoms with Gasteiger partial charge < -0.3 is 15.0 Å². The number of carbonyl (C=O) groups is 1. The molecule has 1 aliphatic heterocycles. The normalized spacial score (nSPS) is 17.0. The lowest BCUT2D eigenvalue weighted by Crippen LogP contribution is -2.28. The molecule has 0 unspecified atom stereocenters. The number of pyridine rings is 1. The molecule has 6 heteroatoms. The first-order valence-corrected chi connectivity index (χ1v) is 8.27. The number of halogens is 1. The van der Waals surface area contributed by atoms with E-state index in [1.165, 1.54) is 5.56 Å². The number of hydrogen-bond donors (Lipinski definition) is 1. The van der Waals surface area contributed by atoms with Gasteiger partial charge in [-0.1, -0.05) is 23.7 Å². The first-order valence-electron chi connectivity index (χ1n) is 7.89. The molecule has 0 radical (unpaired) electrons. The molecule has 0 spiro atoms. The summed E-state index contributed by atoms with van der Waals surface area (Å²) < 4.78 is 5.19. The van der Waals surface area contributed by atoms with Crippen LogP contribution in [0.5, 0.6) is 5.75 Å². The molecular formula is C18H20ClN3O2. The maximum Gasteiger partial charge on any atom is 0.254 e. The van der Waals surface area contributed by atoms with Gasteiger partial charge in [-0.3, -0.25) is 4.79 Å². The number of carbonyl (C=O) groups excluding carboxylic acids is 1. The summed E-state index contributed by atoms with van der Waals surface area (Å²) in [4.78, 5) is 18.7. The predicted molar refractivity (Wildman–Crippen MR) is 95.0 cm³/mol. The quantitative estimate of drug-likeness (QED) is 0.863. The van der Waals surface area contributed by atoms with Crippen LogP contribution in [0.3, 0.4) is 0 Å². The second-order valence-electron chi connectivity index (χ2n) is 5.82. The lowest BCUT2D eigenvalue weighted by atomic mass is 9.98. The van der Waals surface area contributed by atoms with Gasteiger partial charge in [-0.15, -0.1) is 0 Å². The Bertz CT molecular complexity index is 734. The van der Waals surface area contributed by atoms with Gasteiger partial charge in [0.1, 0.15) is 16.7 Å². The number of methoxy groups -OCH3 is 1. The minimum atomic E-state index is -0.00758. The molecular weight excluding hydrogens is 326 g/mol. The molecule has 1 atom stereocenters. The van der Waals surface area contributed by atoms with Crippen LogP contribution >= 0.6 is 11.6 Å². The van der Waals surface area contributed by atoms with E-state index < -0.39 is 0 Å². The molecule has 2 aromatic rings. The second-order valence-corrected chi connectivity index (χ2v) is 6.21. The van der Waals surface area contributed by atoms with Crippen molar-refractivity contribution in [1.82, 2.24) is 9.88 Å². The topological polar surface area (TPSA) is 54.5 Å². The molecule has 1 aromatic carbocycles. The standard InChI is InChI=1S/C18H20ClN3O2/c1-20-17-10-14(9-16(19)21-17)18(23)22-8-7-13(11-22)12-3-5-15(24-2)6-4-12/h3-6,9-10,13H,7-8,11H2,1-2H3,(H,20,21)/t13-/m0/s1. The van der Waals surface area contributed by atoms with Crippen molar-refractivity contribution >= 4 is 23.3 Å². The zero-order chi connectivity index (χ0) is 17.1. The monoisotopic (exact) mass is 345 g/mol.